The summed E-state index contributed by atoms with van der Waals surface area (Å²) in [5.41, 5.74) is 1.44. The van der Waals surface area contributed by atoms with Gasteiger partial charge in [-0.1, -0.05) is 12.1 Å². The summed E-state index contributed by atoms with van der Waals surface area (Å²) in [7, 11) is 1.64. The van der Waals surface area contributed by atoms with E-state index in [1.54, 1.807) is 7.11 Å². The average Bonchev–Trinajstić information content (AvgIpc) is 2.73. The fourth-order valence-corrected chi connectivity index (χ4v) is 3.39. The second-order valence-electron chi connectivity index (χ2n) is 6.93. The van der Waals surface area contributed by atoms with Crippen LogP contribution in [0.3, 0.4) is 0 Å². The van der Waals surface area contributed by atoms with E-state index in [9.17, 15) is 18.0 Å². The molecule has 0 saturated carbocycles. The van der Waals surface area contributed by atoms with Crippen molar-refractivity contribution in [1.82, 2.24) is 4.90 Å². The molecular formula is C21H24F3N3O3. The van der Waals surface area contributed by atoms with Gasteiger partial charge in [-0.05, 0) is 43.3 Å². The molecule has 1 atom stereocenters. The number of carbonyl (C=O) groups excluding carboxylic acids is 1. The van der Waals surface area contributed by atoms with E-state index in [2.05, 4.69) is 19.9 Å². The standard InChI is InChI=1S/C21H24F3N3O3/c1-15(20(28)25-16-7-9-17(10-8-16)30-21(22,23)24)26-11-13-27(14-12-26)18-5-3-4-6-19(18)29-2/h3-10,15H,11-14H2,1-2H3,(H,25,28). The van der Waals surface area contributed by atoms with E-state index in [0.717, 1.165) is 24.5 Å². The van der Waals surface area contributed by atoms with Crippen LogP contribution in [0, 0.1) is 0 Å². The van der Waals surface area contributed by atoms with Crippen molar-refractivity contribution in [3.8, 4) is 11.5 Å². The molecule has 1 unspecified atom stereocenters. The summed E-state index contributed by atoms with van der Waals surface area (Å²) < 4.78 is 46.0. The largest absolute Gasteiger partial charge is 0.573 e. The van der Waals surface area contributed by atoms with Crippen LogP contribution in [-0.4, -0.2) is 56.5 Å². The zero-order valence-corrected chi connectivity index (χ0v) is 16.8. The Morgan fingerprint density at radius 1 is 1.03 bits per heavy atom. The normalized spacial score (nSPS) is 16.1. The monoisotopic (exact) mass is 423 g/mol. The van der Waals surface area contributed by atoms with Crippen molar-refractivity contribution in [3.63, 3.8) is 0 Å². The molecule has 0 aromatic heterocycles. The van der Waals surface area contributed by atoms with Gasteiger partial charge < -0.3 is 19.7 Å². The fraction of sp³-hybridized carbons (Fsp3) is 0.381. The molecule has 0 aliphatic carbocycles. The van der Waals surface area contributed by atoms with Crippen molar-refractivity contribution in [3.05, 3.63) is 48.5 Å². The Hall–Kier alpha value is -2.94. The number of alkyl halides is 3. The lowest BCUT2D eigenvalue weighted by atomic mass is 10.2. The molecule has 2 aromatic carbocycles. The highest BCUT2D eigenvalue weighted by Crippen LogP contribution is 2.29. The predicted octanol–water partition coefficient (Wildman–Crippen LogP) is 3.74. The molecule has 1 saturated heterocycles. The Kier molecular flexibility index (Phi) is 6.71. The van der Waals surface area contributed by atoms with E-state index in [1.807, 2.05) is 31.2 Å². The number of halogens is 3. The molecule has 2 aromatic rings. The van der Waals surface area contributed by atoms with Gasteiger partial charge in [0.1, 0.15) is 11.5 Å². The SMILES string of the molecule is COc1ccccc1N1CCN(C(C)C(=O)Nc2ccc(OC(F)(F)F)cc2)CC1. The molecule has 1 aliphatic rings. The van der Waals surface area contributed by atoms with E-state index < -0.39 is 6.36 Å². The second-order valence-corrected chi connectivity index (χ2v) is 6.93. The van der Waals surface area contributed by atoms with Gasteiger partial charge >= 0.3 is 6.36 Å². The fourth-order valence-electron chi connectivity index (χ4n) is 3.39. The topological polar surface area (TPSA) is 54.0 Å². The lowest BCUT2D eigenvalue weighted by Crippen LogP contribution is -2.52. The molecule has 3 rings (SSSR count). The van der Waals surface area contributed by atoms with Gasteiger partial charge in [0, 0.05) is 31.9 Å². The smallest absolute Gasteiger partial charge is 0.495 e. The number of nitrogens with zero attached hydrogens (tertiary/aromatic N) is 2. The van der Waals surface area contributed by atoms with E-state index in [0.29, 0.717) is 18.8 Å². The van der Waals surface area contributed by atoms with Crippen LogP contribution in [0.15, 0.2) is 48.5 Å². The lowest BCUT2D eigenvalue weighted by Gasteiger charge is -2.38. The number of hydrogen-bond acceptors (Lipinski definition) is 5. The van der Waals surface area contributed by atoms with Crippen LogP contribution in [0.4, 0.5) is 24.5 Å². The van der Waals surface area contributed by atoms with Crippen LogP contribution in [0.25, 0.3) is 0 Å². The van der Waals surface area contributed by atoms with Gasteiger partial charge in [0.2, 0.25) is 5.91 Å². The zero-order valence-electron chi connectivity index (χ0n) is 16.8. The minimum atomic E-state index is -4.74. The minimum absolute atomic E-state index is 0.217. The van der Waals surface area contributed by atoms with Crippen molar-refractivity contribution < 1.29 is 27.4 Å². The molecule has 1 N–H and O–H groups in total. The molecule has 162 valence electrons. The average molecular weight is 423 g/mol. The highest BCUT2D eigenvalue weighted by Gasteiger charge is 2.31. The molecule has 1 fully saturated rings. The Labute approximate surface area is 173 Å². The first-order valence-corrected chi connectivity index (χ1v) is 9.55. The number of benzene rings is 2. The quantitative estimate of drug-likeness (QED) is 0.767. The highest BCUT2D eigenvalue weighted by atomic mass is 19.4. The van der Waals surface area contributed by atoms with Crippen molar-refractivity contribution >= 4 is 17.3 Å². The number of anilines is 2. The van der Waals surface area contributed by atoms with Gasteiger partial charge in [-0.2, -0.15) is 0 Å². The maximum absolute atomic E-state index is 12.6. The van der Waals surface area contributed by atoms with Crippen LogP contribution in [-0.2, 0) is 4.79 Å². The molecule has 1 amide bonds. The van der Waals surface area contributed by atoms with E-state index in [-0.39, 0.29) is 17.7 Å². The lowest BCUT2D eigenvalue weighted by molar-refractivity contribution is -0.274. The molecule has 6 nitrogen and oxygen atoms in total. The maximum Gasteiger partial charge on any atom is 0.573 e. The molecule has 30 heavy (non-hydrogen) atoms. The summed E-state index contributed by atoms with van der Waals surface area (Å²) in [5, 5.41) is 2.74. The van der Waals surface area contributed by atoms with Crippen LogP contribution in [0.1, 0.15) is 6.92 Å². The molecule has 1 heterocycles. The zero-order chi connectivity index (χ0) is 21.7. The van der Waals surface area contributed by atoms with Gasteiger partial charge in [0.25, 0.3) is 0 Å². The summed E-state index contributed by atoms with van der Waals surface area (Å²) in [5.74, 6) is 0.265. The molecule has 0 spiro atoms. The van der Waals surface area contributed by atoms with Crippen molar-refractivity contribution in [2.24, 2.45) is 0 Å². The summed E-state index contributed by atoms with van der Waals surface area (Å²) >= 11 is 0. The van der Waals surface area contributed by atoms with E-state index in [4.69, 9.17) is 4.74 Å². The molecular weight excluding hydrogens is 399 g/mol. The van der Waals surface area contributed by atoms with Crippen LogP contribution in [0.5, 0.6) is 11.5 Å². The number of hydrogen-bond donors (Lipinski definition) is 1. The third-order valence-corrected chi connectivity index (χ3v) is 5.02. The van der Waals surface area contributed by atoms with Gasteiger partial charge in [-0.15, -0.1) is 13.2 Å². The summed E-state index contributed by atoms with van der Waals surface area (Å²) in [4.78, 5) is 16.9. The van der Waals surface area contributed by atoms with E-state index in [1.165, 1.54) is 24.3 Å². The maximum atomic E-state index is 12.6. The minimum Gasteiger partial charge on any atom is -0.495 e. The number of ether oxygens (including phenoxy) is 2. The van der Waals surface area contributed by atoms with Crippen LogP contribution < -0.4 is 19.7 Å². The number of para-hydroxylation sites is 2. The van der Waals surface area contributed by atoms with Crippen molar-refractivity contribution in [1.29, 1.82) is 0 Å². The molecule has 0 bridgehead atoms. The van der Waals surface area contributed by atoms with Gasteiger partial charge in [-0.3, -0.25) is 9.69 Å². The van der Waals surface area contributed by atoms with Crippen LogP contribution in [0.2, 0.25) is 0 Å². The molecule has 0 radical (unpaired) electrons. The number of amides is 1. The number of methoxy groups -OCH3 is 1. The van der Waals surface area contributed by atoms with Crippen molar-refractivity contribution in [2.75, 3.05) is 43.5 Å². The highest BCUT2D eigenvalue weighted by molar-refractivity contribution is 5.94. The Bertz CT molecular complexity index is 851. The first-order chi connectivity index (χ1) is 14.3. The number of piperazine rings is 1. The molecule has 1 aliphatic heterocycles. The summed E-state index contributed by atoms with van der Waals surface area (Å²) in [6, 6.07) is 12.5. The summed E-state index contributed by atoms with van der Waals surface area (Å²) in [6.45, 7) is 4.72. The Balaban J connectivity index is 1.53. The van der Waals surface area contributed by atoms with Gasteiger partial charge in [0.05, 0.1) is 18.8 Å². The van der Waals surface area contributed by atoms with Crippen LogP contribution >= 0.6 is 0 Å². The number of rotatable bonds is 6. The third-order valence-electron chi connectivity index (χ3n) is 5.02. The second kappa shape index (κ2) is 9.25. The molecule has 9 heteroatoms. The number of carbonyl (C=O) groups is 1. The van der Waals surface area contributed by atoms with Gasteiger partial charge in [0.15, 0.2) is 0 Å². The summed E-state index contributed by atoms with van der Waals surface area (Å²) in [6.07, 6.45) is -4.74. The third kappa shape index (κ3) is 5.56. The predicted molar refractivity (Wildman–Crippen MR) is 108 cm³/mol. The van der Waals surface area contributed by atoms with Gasteiger partial charge in [-0.25, -0.2) is 0 Å². The van der Waals surface area contributed by atoms with Crippen molar-refractivity contribution in [2.45, 2.75) is 19.3 Å². The first-order valence-electron chi connectivity index (χ1n) is 9.55. The first kappa shape index (κ1) is 21.8. The number of nitrogens with one attached hydrogen (secondary N) is 1. The Morgan fingerprint density at radius 3 is 2.27 bits per heavy atom. The Morgan fingerprint density at radius 2 is 1.67 bits per heavy atom. The van der Waals surface area contributed by atoms with E-state index >= 15 is 0 Å².